The van der Waals surface area contributed by atoms with Gasteiger partial charge in [-0.25, -0.2) is 0 Å². The predicted octanol–water partition coefficient (Wildman–Crippen LogP) is 0.369. The van der Waals surface area contributed by atoms with Crippen LogP contribution in [-0.4, -0.2) is 73.3 Å². The van der Waals surface area contributed by atoms with Gasteiger partial charge in [-0.1, -0.05) is 51.1 Å². The van der Waals surface area contributed by atoms with Gasteiger partial charge in [0.25, 0.3) is 0 Å². The first-order valence-electron chi connectivity index (χ1n) is 14.9. The van der Waals surface area contributed by atoms with E-state index in [1.807, 2.05) is 6.07 Å². The lowest BCUT2D eigenvalue weighted by atomic mass is 9.91. The zero-order valence-corrected chi connectivity index (χ0v) is 25.9. The topological polar surface area (TPSA) is 196 Å². The summed E-state index contributed by atoms with van der Waals surface area (Å²) < 4.78 is 0. The number of rotatable bonds is 8. The number of aliphatic imine (C=N–C) groups is 1. The van der Waals surface area contributed by atoms with E-state index >= 15 is 0 Å². The number of carbonyl (C=O) groups is 5. The summed E-state index contributed by atoms with van der Waals surface area (Å²) in [6, 6.07) is 5.94. The monoisotopic (exact) mass is 600 g/mol. The third-order valence-electron chi connectivity index (χ3n) is 7.39. The van der Waals surface area contributed by atoms with Crippen molar-refractivity contribution in [2.24, 2.45) is 16.6 Å². The Hall–Kier alpha value is -4.16. The van der Waals surface area contributed by atoms with Gasteiger partial charge in [0, 0.05) is 26.1 Å². The summed E-state index contributed by atoms with van der Waals surface area (Å²) in [7, 11) is 1.55. The average molecular weight is 601 g/mol. The molecule has 238 valence electrons. The van der Waals surface area contributed by atoms with Crippen LogP contribution in [0.1, 0.15) is 77.8 Å². The van der Waals surface area contributed by atoms with E-state index in [2.05, 4.69) is 36.9 Å². The van der Waals surface area contributed by atoms with E-state index in [0.717, 1.165) is 0 Å². The maximum Gasteiger partial charge on any atom is 0.247 e. The molecule has 0 bridgehead atoms. The number of nitrogens with two attached hydrogens (primary N) is 1. The Morgan fingerprint density at radius 1 is 1.02 bits per heavy atom. The summed E-state index contributed by atoms with van der Waals surface area (Å²) in [5, 5.41) is 17.0. The minimum absolute atomic E-state index is 0.225. The number of nitrogens with zero attached hydrogens (tertiary/aromatic N) is 1. The first-order valence-corrected chi connectivity index (χ1v) is 14.9. The highest BCUT2D eigenvalue weighted by Crippen LogP contribution is 2.18. The molecule has 13 heteroatoms. The number of amides is 5. The van der Waals surface area contributed by atoms with Gasteiger partial charge < -0.3 is 37.6 Å². The third-order valence-corrected chi connectivity index (χ3v) is 7.39. The van der Waals surface area contributed by atoms with Gasteiger partial charge in [0.2, 0.25) is 29.5 Å². The lowest BCUT2D eigenvalue weighted by molar-refractivity contribution is -0.137. The number of hydrogen-bond acceptors (Lipinski definition) is 6. The van der Waals surface area contributed by atoms with Crippen LogP contribution < -0.4 is 37.6 Å². The third kappa shape index (κ3) is 10.9. The fourth-order valence-corrected chi connectivity index (χ4v) is 4.57. The second-order valence-corrected chi connectivity index (χ2v) is 11.2. The zero-order valence-electron chi connectivity index (χ0n) is 25.9. The number of guanidine groups is 1. The van der Waals surface area contributed by atoms with Crippen LogP contribution in [0.5, 0.6) is 0 Å². The van der Waals surface area contributed by atoms with Gasteiger partial charge in [0.15, 0.2) is 5.96 Å². The molecule has 43 heavy (non-hydrogen) atoms. The molecule has 0 aliphatic carbocycles. The largest absolute Gasteiger partial charge is 0.370 e. The van der Waals surface area contributed by atoms with Gasteiger partial charge in [0.05, 0.1) is 0 Å². The van der Waals surface area contributed by atoms with Gasteiger partial charge in [0.1, 0.15) is 23.7 Å². The van der Waals surface area contributed by atoms with Crippen LogP contribution in [0.25, 0.3) is 0 Å². The summed E-state index contributed by atoms with van der Waals surface area (Å²) in [4.78, 5) is 70.4. The normalized spacial score (nSPS) is 24.8. The second-order valence-electron chi connectivity index (χ2n) is 11.2. The Bertz CT molecular complexity index is 1140. The minimum atomic E-state index is -1.31. The Balaban J connectivity index is 2.40. The van der Waals surface area contributed by atoms with Gasteiger partial charge in [-0.15, -0.1) is 0 Å². The van der Waals surface area contributed by atoms with E-state index in [9.17, 15) is 24.0 Å². The zero-order chi connectivity index (χ0) is 32.0. The van der Waals surface area contributed by atoms with Crippen molar-refractivity contribution in [2.75, 3.05) is 20.1 Å². The first kappa shape index (κ1) is 35.0. The molecule has 1 aromatic carbocycles. The van der Waals surface area contributed by atoms with Crippen LogP contribution in [0, 0.1) is 5.92 Å². The number of benzene rings is 1. The van der Waals surface area contributed by atoms with Crippen LogP contribution in [0.3, 0.4) is 0 Å². The van der Waals surface area contributed by atoms with Gasteiger partial charge >= 0.3 is 0 Å². The molecule has 1 aromatic rings. The molecular weight excluding hydrogens is 552 g/mol. The van der Waals surface area contributed by atoms with Crippen molar-refractivity contribution in [1.82, 2.24) is 31.9 Å². The Morgan fingerprint density at radius 2 is 1.70 bits per heavy atom. The van der Waals surface area contributed by atoms with Crippen molar-refractivity contribution in [3.8, 4) is 0 Å². The number of nitrogens with one attached hydrogen (secondary N) is 6. The van der Waals surface area contributed by atoms with Crippen LogP contribution in [0.2, 0.25) is 0 Å². The molecule has 1 saturated heterocycles. The molecule has 0 saturated carbocycles. The predicted molar refractivity (Wildman–Crippen MR) is 165 cm³/mol. The molecule has 8 N–H and O–H groups in total. The van der Waals surface area contributed by atoms with E-state index in [1.54, 1.807) is 59.0 Å². The van der Waals surface area contributed by atoms with Crippen LogP contribution in [-0.2, 0) is 24.0 Å². The average Bonchev–Trinajstić information content (AvgIpc) is 2.99. The molecule has 0 radical (unpaired) electrons. The molecule has 1 aliphatic heterocycles. The minimum Gasteiger partial charge on any atom is -0.370 e. The quantitative estimate of drug-likeness (QED) is 0.127. The van der Waals surface area contributed by atoms with E-state index in [1.165, 1.54) is 0 Å². The van der Waals surface area contributed by atoms with Crippen molar-refractivity contribution in [1.29, 1.82) is 0 Å². The van der Waals surface area contributed by atoms with Crippen molar-refractivity contribution in [2.45, 2.75) is 89.9 Å². The van der Waals surface area contributed by atoms with Crippen molar-refractivity contribution >= 4 is 35.5 Å². The lowest BCUT2D eigenvalue weighted by Gasteiger charge is -2.33. The first-order chi connectivity index (χ1) is 20.4. The fraction of sp³-hybridized carbons (Fsp3) is 0.600. The highest BCUT2D eigenvalue weighted by Gasteiger charge is 2.38. The SMILES string of the molecule is CC[C@@H]1NC(=O)[C@@H](CCCNC(N)=NC)NC(=O)[C@](C)(NC(=O)C(C)C)CCCCNC(=O)[C@@H](c2ccccc2)NC1=O. The summed E-state index contributed by atoms with van der Waals surface area (Å²) in [6.45, 7) is 7.54. The summed E-state index contributed by atoms with van der Waals surface area (Å²) in [6.07, 6.45) is 2.22. The lowest BCUT2D eigenvalue weighted by Crippen LogP contribution is -2.62. The molecular formula is C30H48N8O5. The van der Waals surface area contributed by atoms with Crippen molar-refractivity contribution in [3.05, 3.63) is 35.9 Å². The van der Waals surface area contributed by atoms with Gasteiger partial charge in [-0.3, -0.25) is 29.0 Å². The maximum absolute atomic E-state index is 13.7. The number of hydrogen-bond donors (Lipinski definition) is 7. The van der Waals surface area contributed by atoms with E-state index < -0.39 is 41.4 Å². The molecule has 1 heterocycles. The smallest absolute Gasteiger partial charge is 0.247 e. The van der Waals surface area contributed by atoms with E-state index in [-0.39, 0.29) is 43.0 Å². The molecule has 0 unspecified atom stereocenters. The van der Waals surface area contributed by atoms with Crippen LogP contribution in [0.4, 0.5) is 0 Å². The Morgan fingerprint density at radius 3 is 2.33 bits per heavy atom. The highest BCUT2D eigenvalue weighted by molar-refractivity contribution is 5.97. The van der Waals surface area contributed by atoms with Gasteiger partial charge in [-0.05, 0) is 51.0 Å². The highest BCUT2D eigenvalue weighted by atomic mass is 16.2. The molecule has 1 aliphatic rings. The van der Waals surface area contributed by atoms with E-state index in [0.29, 0.717) is 37.9 Å². The molecule has 13 nitrogen and oxygen atoms in total. The molecule has 2 rings (SSSR count). The molecule has 4 atom stereocenters. The van der Waals surface area contributed by atoms with E-state index in [4.69, 9.17) is 5.73 Å². The summed E-state index contributed by atoms with van der Waals surface area (Å²) >= 11 is 0. The second kappa shape index (κ2) is 17.1. The van der Waals surface area contributed by atoms with Gasteiger partial charge in [-0.2, -0.15) is 0 Å². The van der Waals surface area contributed by atoms with Crippen molar-refractivity contribution in [3.63, 3.8) is 0 Å². The molecule has 1 fully saturated rings. The Kier molecular flexibility index (Phi) is 13.9. The maximum atomic E-state index is 13.7. The summed E-state index contributed by atoms with van der Waals surface area (Å²) in [5.74, 6) is -2.40. The summed E-state index contributed by atoms with van der Waals surface area (Å²) in [5.41, 5.74) is 5.00. The molecule has 0 aromatic heterocycles. The fourth-order valence-electron chi connectivity index (χ4n) is 4.57. The standard InChI is InChI=1S/C30H48N8O5/c1-6-21-25(40)37-23(20-13-8-7-9-14-20)27(42)33-17-11-10-16-30(4,38-24(39)19(2)3)28(43)36-22(26(41)35-21)15-12-18-34-29(31)32-5/h7-9,13-14,19,21-23H,6,10-12,15-18H2,1-5H3,(H,33,42)(H,35,41)(H,36,43)(H,37,40)(H,38,39)(H3,31,32,34)/t21-,22+,23+,30+/m0/s1. The van der Waals surface area contributed by atoms with Crippen LogP contribution in [0.15, 0.2) is 35.3 Å². The Labute approximate surface area is 254 Å². The molecule has 5 amide bonds. The molecule has 0 spiro atoms. The van der Waals surface area contributed by atoms with Crippen molar-refractivity contribution < 1.29 is 24.0 Å². The van der Waals surface area contributed by atoms with Crippen LogP contribution >= 0.6 is 0 Å². The number of carbonyl (C=O) groups excluding carboxylic acids is 5.